The van der Waals surface area contributed by atoms with Crippen LogP contribution in [0.2, 0.25) is 0 Å². The van der Waals surface area contributed by atoms with Gasteiger partial charge >= 0.3 is 0 Å². The van der Waals surface area contributed by atoms with E-state index in [1.807, 2.05) is 0 Å². The molecule has 0 unspecified atom stereocenters. The molecule has 6 nitrogen and oxygen atoms in total. The fourth-order valence-electron chi connectivity index (χ4n) is 4.24. The lowest BCUT2D eigenvalue weighted by molar-refractivity contribution is 0.00994. The highest BCUT2D eigenvalue weighted by atomic mass is 16.5. The van der Waals surface area contributed by atoms with Gasteiger partial charge in [-0.3, -0.25) is 0 Å². The van der Waals surface area contributed by atoms with E-state index < -0.39 is 0 Å². The van der Waals surface area contributed by atoms with Gasteiger partial charge in [0.1, 0.15) is 5.69 Å². The van der Waals surface area contributed by atoms with E-state index in [1.165, 1.54) is 25.7 Å². The lowest BCUT2D eigenvalue weighted by Gasteiger charge is -2.41. The van der Waals surface area contributed by atoms with Crippen molar-refractivity contribution in [2.75, 3.05) is 25.0 Å². The minimum absolute atomic E-state index is 0.320. The summed E-state index contributed by atoms with van der Waals surface area (Å²) in [5, 5.41) is 15.6. The van der Waals surface area contributed by atoms with E-state index in [2.05, 4.69) is 28.4 Å². The van der Waals surface area contributed by atoms with Crippen LogP contribution in [-0.2, 0) is 4.74 Å². The number of hydrogen-bond acceptors (Lipinski definition) is 6. The highest BCUT2D eigenvalue weighted by Gasteiger charge is 2.29. The Hall–Kier alpha value is -1.97. The molecule has 1 saturated carbocycles. The summed E-state index contributed by atoms with van der Waals surface area (Å²) in [6, 6.07) is 8.08. The molecule has 1 aromatic carbocycles. The van der Waals surface area contributed by atoms with E-state index in [4.69, 9.17) is 10.00 Å². The second kappa shape index (κ2) is 9.11. The van der Waals surface area contributed by atoms with Crippen LogP contribution in [0.1, 0.15) is 51.0 Å². The Morgan fingerprint density at radius 1 is 1.23 bits per heavy atom. The van der Waals surface area contributed by atoms with Crippen LogP contribution in [0, 0.1) is 16.2 Å². The first-order valence-corrected chi connectivity index (χ1v) is 9.73. The third-order valence-corrected chi connectivity index (χ3v) is 5.68. The quantitative estimate of drug-likeness (QED) is 0.774. The molecular formula is C20H28N4O2. The third-order valence-electron chi connectivity index (χ3n) is 5.68. The van der Waals surface area contributed by atoms with Crippen molar-refractivity contribution in [1.82, 2.24) is 4.90 Å². The standard InChI is InChI=1S/C20H28N4O2/c1-2-26-18-6-4-17(5-7-18)24-11-9-16(10-12-24)22-20-13-15(14-21)3-8-19(20)23-25/h3,8,13,16-18,22H,2,4-7,9-12H2,1H3/t17-,18-. The summed E-state index contributed by atoms with van der Waals surface area (Å²) in [5.74, 6) is 0. The van der Waals surface area contributed by atoms with Crippen LogP contribution >= 0.6 is 0 Å². The first kappa shape index (κ1) is 18.8. The largest absolute Gasteiger partial charge is 0.380 e. The Kier molecular flexibility index (Phi) is 6.59. The predicted octanol–water partition coefficient (Wildman–Crippen LogP) is 4.18. The molecule has 26 heavy (non-hydrogen) atoms. The Morgan fingerprint density at radius 3 is 2.58 bits per heavy atom. The average molecular weight is 356 g/mol. The summed E-state index contributed by atoms with van der Waals surface area (Å²) < 4.78 is 5.76. The van der Waals surface area contributed by atoms with Gasteiger partial charge in [-0.15, -0.1) is 4.91 Å². The highest BCUT2D eigenvalue weighted by molar-refractivity contribution is 5.68. The maximum Gasteiger partial charge on any atom is 0.131 e. The van der Waals surface area contributed by atoms with Crippen molar-refractivity contribution in [1.29, 1.82) is 5.26 Å². The molecule has 0 radical (unpaired) electrons. The molecule has 140 valence electrons. The zero-order chi connectivity index (χ0) is 18.4. The van der Waals surface area contributed by atoms with Gasteiger partial charge in [0.15, 0.2) is 0 Å². The molecule has 0 atom stereocenters. The summed E-state index contributed by atoms with van der Waals surface area (Å²) in [6.07, 6.45) is 7.34. The molecular weight excluding hydrogens is 328 g/mol. The summed E-state index contributed by atoms with van der Waals surface area (Å²) in [7, 11) is 0. The molecule has 1 N–H and O–H groups in total. The second-order valence-electron chi connectivity index (χ2n) is 7.28. The van der Waals surface area contributed by atoms with E-state index in [0.717, 1.165) is 32.5 Å². The number of hydrogen-bond donors (Lipinski definition) is 1. The first-order valence-electron chi connectivity index (χ1n) is 9.73. The third kappa shape index (κ3) is 4.60. The van der Waals surface area contributed by atoms with Crippen LogP contribution in [0.4, 0.5) is 11.4 Å². The zero-order valence-electron chi connectivity index (χ0n) is 15.5. The minimum atomic E-state index is 0.320. The monoisotopic (exact) mass is 356 g/mol. The SMILES string of the molecule is CCO[C@H]1CC[C@H](N2CCC(Nc3cc(C#N)ccc3N=O)CC2)CC1. The van der Waals surface area contributed by atoms with E-state index in [0.29, 0.717) is 35.1 Å². The van der Waals surface area contributed by atoms with Gasteiger partial charge in [0.2, 0.25) is 0 Å². The molecule has 6 heteroatoms. The van der Waals surface area contributed by atoms with E-state index >= 15 is 0 Å². The number of nitrogens with zero attached hydrogens (tertiary/aromatic N) is 3. The van der Waals surface area contributed by atoms with Gasteiger partial charge in [0.25, 0.3) is 0 Å². The zero-order valence-corrected chi connectivity index (χ0v) is 15.5. The van der Waals surface area contributed by atoms with E-state index in [1.54, 1.807) is 18.2 Å². The van der Waals surface area contributed by atoms with Crippen molar-refractivity contribution in [3.8, 4) is 6.07 Å². The summed E-state index contributed by atoms with van der Waals surface area (Å²) >= 11 is 0. The molecule has 1 aliphatic carbocycles. The van der Waals surface area contributed by atoms with Gasteiger partial charge in [0, 0.05) is 31.8 Å². The smallest absolute Gasteiger partial charge is 0.131 e. The van der Waals surface area contributed by atoms with Crippen molar-refractivity contribution < 1.29 is 4.74 Å². The molecule has 0 bridgehead atoms. The van der Waals surface area contributed by atoms with Crippen molar-refractivity contribution in [2.24, 2.45) is 5.18 Å². The fourth-order valence-corrected chi connectivity index (χ4v) is 4.24. The number of ether oxygens (including phenoxy) is 1. The maximum absolute atomic E-state index is 11.0. The number of nitroso groups, excluding NO2 is 1. The van der Waals surface area contributed by atoms with Gasteiger partial charge in [-0.2, -0.15) is 5.26 Å². The van der Waals surface area contributed by atoms with Crippen LogP contribution in [0.5, 0.6) is 0 Å². The van der Waals surface area contributed by atoms with Crippen molar-refractivity contribution in [3.63, 3.8) is 0 Å². The number of piperidine rings is 1. The van der Waals surface area contributed by atoms with Crippen LogP contribution < -0.4 is 5.32 Å². The Balaban J connectivity index is 1.50. The molecule has 2 aliphatic rings. The molecule has 0 spiro atoms. The molecule has 2 fully saturated rings. The number of nitrogens with one attached hydrogen (secondary N) is 1. The number of rotatable bonds is 6. The maximum atomic E-state index is 11.0. The van der Waals surface area contributed by atoms with Crippen LogP contribution in [0.15, 0.2) is 23.4 Å². The fraction of sp³-hybridized carbons (Fsp3) is 0.650. The average Bonchev–Trinajstić information content (AvgIpc) is 2.69. The molecule has 3 rings (SSSR count). The number of benzene rings is 1. The Morgan fingerprint density at radius 2 is 1.96 bits per heavy atom. The number of likely N-dealkylation sites (tertiary alicyclic amines) is 1. The molecule has 0 aromatic heterocycles. The first-order chi connectivity index (χ1) is 12.7. The van der Waals surface area contributed by atoms with Crippen molar-refractivity contribution in [2.45, 2.75) is 63.6 Å². The Labute approximate surface area is 155 Å². The van der Waals surface area contributed by atoms with Crippen LogP contribution in [0.3, 0.4) is 0 Å². The molecule has 1 aliphatic heterocycles. The van der Waals surface area contributed by atoms with Gasteiger partial charge in [-0.1, -0.05) is 0 Å². The van der Waals surface area contributed by atoms with Crippen molar-refractivity contribution in [3.05, 3.63) is 28.7 Å². The summed E-state index contributed by atoms with van der Waals surface area (Å²) in [5.41, 5.74) is 1.60. The number of anilines is 1. The lowest BCUT2D eigenvalue weighted by Crippen LogP contribution is -2.46. The summed E-state index contributed by atoms with van der Waals surface area (Å²) in [6.45, 7) is 5.03. The van der Waals surface area contributed by atoms with Gasteiger partial charge in [-0.25, -0.2) is 0 Å². The van der Waals surface area contributed by atoms with E-state index in [-0.39, 0.29) is 0 Å². The van der Waals surface area contributed by atoms with Gasteiger partial charge < -0.3 is 15.0 Å². The second-order valence-corrected chi connectivity index (χ2v) is 7.28. The predicted molar refractivity (Wildman–Crippen MR) is 102 cm³/mol. The summed E-state index contributed by atoms with van der Waals surface area (Å²) in [4.78, 5) is 13.6. The van der Waals surface area contributed by atoms with Crippen molar-refractivity contribution >= 4 is 11.4 Å². The van der Waals surface area contributed by atoms with Crippen LogP contribution in [0.25, 0.3) is 0 Å². The van der Waals surface area contributed by atoms with E-state index in [9.17, 15) is 4.91 Å². The molecule has 1 heterocycles. The van der Waals surface area contributed by atoms with Gasteiger partial charge in [-0.05, 0) is 68.8 Å². The normalized spacial score (nSPS) is 24.8. The molecule has 1 saturated heterocycles. The van der Waals surface area contributed by atoms with Gasteiger partial charge in [0.05, 0.1) is 23.4 Å². The Bertz CT molecular complexity index is 642. The topological polar surface area (TPSA) is 77.7 Å². The molecule has 0 amide bonds. The minimum Gasteiger partial charge on any atom is -0.380 e. The lowest BCUT2D eigenvalue weighted by atomic mass is 9.90. The number of nitriles is 1. The van der Waals surface area contributed by atoms with Crippen LogP contribution in [-0.4, -0.2) is 42.8 Å². The highest BCUT2D eigenvalue weighted by Crippen LogP contribution is 2.30. The molecule has 1 aromatic rings.